The molecule has 3 heterocycles. The van der Waals surface area contributed by atoms with Crippen LogP contribution in [-0.4, -0.2) is 19.8 Å². The van der Waals surface area contributed by atoms with Crippen LogP contribution in [0.2, 0.25) is 0 Å². The minimum atomic E-state index is -0.269. The molecule has 1 aliphatic heterocycles. The van der Waals surface area contributed by atoms with Crippen molar-refractivity contribution in [3.05, 3.63) is 95.6 Å². The second-order valence-electron chi connectivity index (χ2n) is 8.17. The summed E-state index contributed by atoms with van der Waals surface area (Å²) < 4.78 is 15.6. The highest BCUT2D eigenvalue weighted by atomic mass is 32.1. The van der Waals surface area contributed by atoms with Gasteiger partial charge in [-0.1, -0.05) is 37.3 Å². The molecule has 0 spiro atoms. The van der Waals surface area contributed by atoms with E-state index in [4.69, 9.17) is 0 Å². The van der Waals surface area contributed by atoms with Crippen molar-refractivity contribution < 1.29 is 4.39 Å². The molecule has 0 fully saturated rings. The van der Waals surface area contributed by atoms with E-state index in [2.05, 4.69) is 57.8 Å². The van der Waals surface area contributed by atoms with Crippen molar-refractivity contribution >= 4 is 27.8 Å². The zero-order chi connectivity index (χ0) is 22.4. The van der Waals surface area contributed by atoms with Crippen LogP contribution in [0.5, 0.6) is 0 Å². The Morgan fingerprint density at radius 1 is 1.06 bits per heavy atom. The van der Waals surface area contributed by atoms with E-state index >= 15 is 0 Å². The molecule has 3 aromatic carbocycles. The van der Waals surface area contributed by atoms with Crippen molar-refractivity contribution in [3.63, 3.8) is 0 Å². The molecule has 2 aromatic heterocycles. The summed E-state index contributed by atoms with van der Waals surface area (Å²) in [5.74, 6) is -0.269. The molecule has 5 aromatic rings. The van der Waals surface area contributed by atoms with Crippen molar-refractivity contribution in [1.82, 2.24) is 19.8 Å². The first kappa shape index (κ1) is 20.1. The zero-order valence-electron chi connectivity index (χ0n) is 18.1. The van der Waals surface area contributed by atoms with Gasteiger partial charge in [0, 0.05) is 23.5 Å². The molecule has 0 saturated carbocycles. The molecule has 1 aliphatic rings. The Bertz CT molecular complexity index is 1440. The third-order valence-corrected chi connectivity index (χ3v) is 7.06. The van der Waals surface area contributed by atoms with Crippen molar-refractivity contribution in [3.8, 4) is 16.1 Å². The first-order valence-electron chi connectivity index (χ1n) is 11.0. The second kappa shape index (κ2) is 8.10. The van der Waals surface area contributed by atoms with Crippen LogP contribution in [0.4, 0.5) is 10.1 Å². The van der Waals surface area contributed by atoms with Gasteiger partial charge in [0.1, 0.15) is 5.82 Å². The first-order valence-corrected chi connectivity index (χ1v) is 11.9. The monoisotopic (exact) mass is 455 g/mol. The van der Waals surface area contributed by atoms with Crippen LogP contribution in [0, 0.1) is 5.82 Å². The number of aromatic nitrogens is 3. The van der Waals surface area contributed by atoms with Gasteiger partial charge in [-0.05, 0) is 47.5 Å². The molecule has 5 nitrogen and oxygen atoms in total. The molecule has 6 rings (SSSR count). The summed E-state index contributed by atoms with van der Waals surface area (Å²) in [7, 11) is 0. The van der Waals surface area contributed by atoms with Crippen LogP contribution in [0.25, 0.3) is 26.9 Å². The first-order chi connectivity index (χ1) is 16.2. The molecular formula is C26H22FN5S. The number of halogens is 1. The van der Waals surface area contributed by atoms with Crippen LogP contribution in [-0.2, 0) is 6.54 Å². The standard InChI is InChI=1S/C26H22FN5S/c1-2-24-26-21-9-4-3-8-20(21)22(25-14-28-16-33-25)13-23(26)30-31(24)15-19-10-11-29-32(19)18-7-5-6-17(27)12-18/h3-14,16,24,30H,2,15H2,1H3. The van der Waals surface area contributed by atoms with Gasteiger partial charge in [-0.3, -0.25) is 4.98 Å². The molecular weight excluding hydrogens is 433 g/mol. The minimum absolute atomic E-state index is 0.205. The van der Waals surface area contributed by atoms with E-state index in [0.29, 0.717) is 6.54 Å². The maximum absolute atomic E-state index is 13.8. The van der Waals surface area contributed by atoms with E-state index in [1.54, 1.807) is 28.3 Å². The lowest BCUT2D eigenvalue weighted by Crippen LogP contribution is -2.28. The molecule has 1 N–H and O–H groups in total. The molecule has 1 atom stereocenters. The Kier molecular flexibility index (Phi) is 4.93. The van der Waals surface area contributed by atoms with E-state index < -0.39 is 0 Å². The van der Waals surface area contributed by atoms with Gasteiger partial charge in [0.15, 0.2) is 0 Å². The lowest BCUT2D eigenvalue weighted by molar-refractivity contribution is 0.244. The summed E-state index contributed by atoms with van der Waals surface area (Å²) in [4.78, 5) is 5.45. The van der Waals surface area contributed by atoms with Crippen molar-refractivity contribution in [2.45, 2.75) is 25.9 Å². The Hall–Kier alpha value is -3.55. The number of fused-ring (bicyclic) bond motifs is 3. The van der Waals surface area contributed by atoms with E-state index in [9.17, 15) is 4.39 Å². The van der Waals surface area contributed by atoms with Crippen LogP contribution in [0.1, 0.15) is 30.6 Å². The van der Waals surface area contributed by atoms with Crippen molar-refractivity contribution in [2.75, 3.05) is 5.43 Å². The molecule has 0 amide bonds. The number of hydrogen-bond donors (Lipinski definition) is 1. The van der Waals surface area contributed by atoms with Gasteiger partial charge in [0.05, 0.1) is 40.0 Å². The van der Waals surface area contributed by atoms with E-state index in [1.165, 1.54) is 34.0 Å². The topological polar surface area (TPSA) is 46.0 Å². The Morgan fingerprint density at radius 2 is 1.94 bits per heavy atom. The number of benzene rings is 3. The van der Waals surface area contributed by atoms with Gasteiger partial charge in [-0.15, -0.1) is 11.3 Å². The van der Waals surface area contributed by atoms with Crippen molar-refractivity contribution in [2.24, 2.45) is 0 Å². The van der Waals surface area contributed by atoms with E-state index in [0.717, 1.165) is 28.4 Å². The van der Waals surface area contributed by atoms with Gasteiger partial charge in [0.25, 0.3) is 0 Å². The molecule has 7 heteroatoms. The Labute approximate surface area is 195 Å². The lowest BCUT2D eigenvalue weighted by atomic mass is 9.93. The Balaban J connectivity index is 1.41. The molecule has 33 heavy (non-hydrogen) atoms. The van der Waals surface area contributed by atoms with Crippen LogP contribution in [0.15, 0.2) is 78.6 Å². The molecule has 0 radical (unpaired) electrons. The maximum Gasteiger partial charge on any atom is 0.125 e. The number of nitrogens with one attached hydrogen (secondary N) is 1. The summed E-state index contributed by atoms with van der Waals surface area (Å²) in [5, 5.41) is 9.23. The van der Waals surface area contributed by atoms with Crippen LogP contribution < -0.4 is 5.43 Å². The highest BCUT2D eigenvalue weighted by Gasteiger charge is 2.32. The smallest absolute Gasteiger partial charge is 0.125 e. The lowest BCUT2D eigenvalue weighted by Gasteiger charge is -2.24. The summed E-state index contributed by atoms with van der Waals surface area (Å²) in [6.07, 6.45) is 4.65. The number of thiazole rings is 1. The van der Waals surface area contributed by atoms with Crippen LogP contribution >= 0.6 is 11.3 Å². The normalized spacial score (nSPS) is 15.6. The number of hydrogen-bond acceptors (Lipinski definition) is 5. The summed E-state index contributed by atoms with van der Waals surface area (Å²) in [5.41, 5.74) is 10.9. The van der Waals surface area contributed by atoms with E-state index in [-0.39, 0.29) is 11.9 Å². The van der Waals surface area contributed by atoms with Crippen molar-refractivity contribution in [1.29, 1.82) is 0 Å². The number of nitrogens with zero attached hydrogens (tertiary/aromatic N) is 4. The third kappa shape index (κ3) is 3.41. The van der Waals surface area contributed by atoms with Crippen LogP contribution in [0.3, 0.4) is 0 Å². The van der Waals surface area contributed by atoms with Gasteiger partial charge >= 0.3 is 0 Å². The highest BCUT2D eigenvalue weighted by molar-refractivity contribution is 7.13. The SMILES string of the molecule is CCC1c2c(cc(-c3cncs3)c3ccccc23)NN1Cc1ccnn1-c1cccc(F)c1. The molecule has 0 saturated heterocycles. The fourth-order valence-electron chi connectivity index (χ4n) is 4.83. The number of rotatable bonds is 5. The third-order valence-electron chi connectivity index (χ3n) is 6.25. The number of anilines is 1. The minimum Gasteiger partial charge on any atom is -0.318 e. The van der Waals surface area contributed by atoms with E-state index in [1.807, 2.05) is 23.8 Å². The summed E-state index contributed by atoms with van der Waals surface area (Å²) >= 11 is 1.65. The average molecular weight is 456 g/mol. The van der Waals surface area contributed by atoms with Gasteiger partial charge in [-0.2, -0.15) is 5.10 Å². The average Bonchev–Trinajstić information content (AvgIpc) is 3.58. The summed E-state index contributed by atoms with van der Waals surface area (Å²) in [6.45, 7) is 2.85. The fraction of sp³-hybridized carbons (Fsp3) is 0.154. The second-order valence-corrected chi connectivity index (χ2v) is 9.06. The molecule has 164 valence electrons. The molecule has 0 aliphatic carbocycles. The quantitative estimate of drug-likeness (QED) is 0.325. The molecule has 0 bridgehead atoms. The molecule has 1 unspecified atom stereocenters. The fourth-order valence-corrected chi connectivity index (χ4v) is 5.48. The predicted octanol–water partition coefficient (Wildman–Crippen LogP) is 6.58. The summed E-state index contributed by atoms with van der Waals surface area (Å²) in [6, 6.07) is 19.6. The number of hydrazine groups is 1. The Morgan fingerprint density at radius 3 is 2.73 bits per heavy atom. The zero-order valence-corrected chi connectivity index (χ0v) is 18.9. The largest absolute Gasteiger partial charge is 0.318 e. The predicted molar refractivity (Wildman–Crippen MR) is 131 cm³/mol. The van der Waals surface area contributed by atoms with Gasteiger partial charge in [-0.25, -0.2) is 14.1 Å². The highest BCUT2D eigenvalue weighted by Crippen LogP contribution is 2.46. The maximum atomic E-state index is 13.8. The van der Waals surface area contributed by atoms with Gasteiger partial charge < -0.3 is 5.43 Å². The van der Waals surface area contributed by atoms with Gasteiger partial charge in [0.2, 0.25) is 0 Å².